The Morgan fingerprint density at radius 1 is 1.05 bits per heavy atom. The van der Waals surface area contributed by atoms with Crippen molar-refractivity contribution >= 4 is 16.7 Å². The van der Waals surface area contributed by atoms with E-state index in [4.69, 9.17) is 11.0 Å². The number of nitrogens with zero attached hydrogens (tertiary/aromatic N) is 4. The van der Waals surface area contributed by atoms with Crippen LogP contribution in [0.25, 0.3) is 22.0 Å². The molecule has 0 atom stereocenters. The van der Waals surface area contributed by atoms with Gasteiger partial charge in [0.05, 0.1) is 11.1 Å². The Morgan fingerprint density at radius 3 is 2.79 bits per heavy atom. The van der Waals surface area contributed by atoms with E-state index in [1.165, 1.54) is 12.5 Å². The van der Waals surface area contributed by atoms with Crippen molar-refractivity contribution in [3.05, 3.63) is 48.5 Å². The number of anilines is 1. The zero-order valence-electron chi connectivity index (χ0n) is 9.91. The Hall–Kier alpha value is -3.00. The summed E-state index contributed by atoms with van der Waals surface area (Å²) in [7, 11) is 0. The molecule has 0 fully saturated rings. The highest BCUT2D eigenvalue weighted by molar-refractivity contribution is 5.91. The van der Waals surface area contributed by atoms with Gasteiger partial charge in [0.1, 0.15) is 18.2 Å². The van der Waals surface area contributed by atoms with Crippen molar-refractivity contribution in [2.75, 3.05) is 5.73 Å². The molecule has 0 aliphatic rings. The fraction of sp³-hybridized carbons (Fsp3) is 0. The molecule has 2 N–H and O–H groups in total. The summed E-state index contributed by atoms with van der Waals surface area (Å²) in [6.07, 6.45) is 4.68. The average molecular weight is 247 g/mol. The molecular weight excluding hydrogens is 238 g/mol. The smallest absolute Gasteiger partial charge is 0.134 e. The number of pyridine rings is 1. The van der Waals surface area contributed by atoms with Crippen LogP contribution in [0.4, 0.5) is 5.82 Å². The maximum Gasteiger partial charge on any atom is 0.134 e. The highest BCUT2D eigenvalue weighted by atomic mass is 14.9. The van der Waals surface area contributed by atoms with E-state index in [2.05, 4.69) is 21.0 Å². The highest BCUT2D eigenvalue weighted by Gasteiger charge is 2.04. The first-order valence-electron chi connectivity index (χ1n) is 5.64. The van der Waals surface area contributed by atoms with E-state index in [9.17, 15) is 0 Å². The van der Waals surface area contributed by atoms with Gasteiger partial charge in [0.25, 0.3) is 0 Å². The van der Waals surface area contributed by atoms with Gasteiger partial charge < -0.3 is 5.73 Å². The van der Waals surface area contributed by atoms with Crippen LogP contribution in [-0.2, 0) is 0 Å². The summed E-state index contributed by atoms with van der Waals surface area (Å²) in [4.78, 5) is 12.2. The van der Waals surface area contributed by atoms with Crippen molar-refractivity contribution in [2.45, 2.75) is 0 Å². The topological polar surface area (TPSA) is 88.5 Å². The van der Waals surface area contributed by atoms with Crippen LogP contribution in [-0.4, -0.2) is 15.0 Å². The van der Waals surface area contributed by atoms with Gasteiger partial charge in [-0.05, 0) is 23.8 Å². The molecule has 0 bridgehead atoms. The van der Waals surface area contributed by atoms with Crippen molar-refractivity contribution in [1.82, 2.24) is 15.0 Å². The van der Waals surface area contributed by atoms with Gasteiger partial charge in [0, 0.05) is 23.3 Å². The van der Waals surface area contributed by atoms with Crippen molar-refractivity contribution in [3.63, 3.8) is 0 Å². The van der Waals surface area contributed by atoms with Crippen LogP contribution < -0.4 is 5.73 Å². The Bertz CT molecular complexity index is 804. The van der Waals surface area contributed by atoms with E-state index in [1.54, 1.807) is 12.3 Å². The molecule has 0 aliphatic heterocycles. The molecule has 3 aromatic rings. The Balaban J connectivity index is 2.20. The van der Waals surface area contributed by atoms with Crippen LogP contribution in [0.1, 0.15) is 5.56 Å². The molecule has 0 unspecified atom stereocenters. The van der Waals surface area contributed by atoms with Crippen LogP contribution in [0.15, 0.2) is 43.0 Å². The first-order valence-corrected chi connectivity index (χ1v) is 5.64. The SMILES string of the molecule is N#Cc1cncc(-c2ccc3ncnc(N)c3c2)c1. The Kier molecular flexibility index (Phi) is 2.54. The zero-order valence-corrected chi connectivity index (χ0v) is 9.91. The van der Waals surface area contributed by atoms with Crippen molar-refractivity contribution in [1.29, 1.82) is 5.26 Å². The van der Waals surface area contributed by atoms with E-state index in [0.717, 1.165) is 22.0 Å². The summed E-state index contributed by atoms with van der Waals surface area (Å²) in [6, 6.07) is 9.57. The number of nitrogens with two attached hydrogens (primary N) is 1. The maximum atomic E-state index is 8.89. The number of hydrogen-bond acceptors (Lipinski definition) is 5. The monoisotopic (exact) mass is 247 g/mol. The lowest BCUT2D eigenvalue weighted by Crippen LogP contribution is -1.93. The van der Waals surface area contributed by atoms with E-state index in [-0.39, 0.29) is 0 Å². The first-order chi connectivity index (χ1) is 9.28. The third-order valence-electron chi connectivity index (χ3n) is 2.87. The molecular formula is C14H9N5. The predicted molar refractivity (Wildman–Crippen MR) is 71.9 cm³/mol. The van der Waals surface area contributed by atoms with Crippen molar-refractivity contribution in [3.8, 4) is 17.2 Å². The Labute approximate surface area is 109 Å². The van der Waals surface area contributed by atoms with Gasteiger partial charge in [-0.15, -0.1) is 0 Å². The molecule has 0 saturated heterocycles. The largest absolute Gasteiger partial charge is 0.383 e. The van der Waals surface area contributed by atoms with Gasteiger partial charge in [-0.3, -0.25) is 4.98 Å². The molecule has 2 aromatic heterocycles. The van der Waals surface area contributed by atoms with Gasteiger partial charge in [0.2, 0.25) is 0 Å². The fourth-order valence-corrected chi connectivity index (χ4v) is 1.92. The molecule has 0 radical (unpaired) electrons. The van der Waals surface area contributed by atoms with E-state index in [0.29, 0.717) is 11.4 Å². The third-order valence-corrected chi connectivity index (χ3v) is 2.87. The van der Waals surface area contributed by atoms with E-state index >= 15 is 0 Å². The molecule has 0 spiro atoms. The second-order valence-corrected chi connectivity index (χ2v) is 4.06. The summed E-state index contributed by atoms with van der Waals surface area (Å²) in [5, 5.41) is 9.69. The highest BCUT2D eigenvalue weighted by Crippen LogP contribution is 2.25. The first kappa shape index (κ1) is 11.1. The third kappa shape index (κ3) is 1.96. The molecule has 19 heavy (non-hydrogen) atoms. The minimum absolute atomic E-state index is 0.441. The summed E-state index contributed by atoms with van der Waals surface area (Å²) in [5.74, 6) is 0.441. The molecule has 1 aromatic carbocycles. The van der Waals surface area contributed by atoms with Gasteiger partial charge in [0.15, 0.2) is 0 Å². The minimum atomic E-state index is 0.441. The number of aromatic nitrogens is 3. The van der Waals surface area contributed by atoms with Crippen LogP contribution in [0.5, 0.6) is 0 Å². The minimum Gasteiger partial charge on any atom is -0.383 e. The molecule has 2 heterocycles. The number of nitriles is 1. The predicted octanol–water partition coefficient (Wildman–Crippen LogP) is 2.15. The van der Waals surface area contributed by atoms with Crippen LogP contribution in [0.2, 0.25) is 0 Å². The van der Waals surface area contributed by atoms with E-state index in [1.807, 2.05) is 18.2 Å². The van der Waals surface area contributed by atoms with Gasteiger partial charge in [-0.2, -0.15) is 5.26 Å². The van der Waals surface area contributed by atoms with Crippen molar-refractivity contribution < 1.29 is 0 Å². The lowest BCUT2D eigenvalue weighted by Gasteiger charge is -2.05. The van der Waals surface area contributed by atoms with Crippen LogP contribution in [0.3, 0.4) is 0 Å². The number of benzene rings is 1. The Morgan fingerprint density at radius 2 is 1.95 bits per heavy atom. The standard InChI is InChI=1S/C14H9N5/c15-5-9-3-11(7-17-6-9)10-1-2-13-12(4-10)14(16)19-8-18-13/h1-4,6-8H,(H2,16,18,19). The molecule has 3 rings (SSSR count). The van der Waals surface area contributed by atoms with Crippen LogP contribution >= 0.6 is 0 Å². The summed E-state index contributed by atoms with van der Waals surface area (Å²) < 4.78 is 0. The normalized spacial score (nSPS) is 10.3. The second kappa shape index (κ2) is 4.35. The number of rotatable bonds is 1. The lowest BCUT2D eigenvalue weighted by atomic mass is 10.0. The lowest BCUT2D eigenvalue weighted by molar-refractivity contribution is 1.23. The zero-order chi connectivity index (χ0) is 13.2. The second-order valence-electron chi connectivity index (χ2n) is 4.06. The summed E-state index contributed by atoms with van der Waals surface area (Å²) in [5.41, 5.74) is 8.95. The van der Waals surface area contributed by atoms with Crippen molar-refractivity contribution in [2.24, 2.45) is 0 Å². The quantitative estimate of drug-likeness (QED) is 0.711. The number of nitrogen functional groups attached to an aromatic ring is 1. The molecule has 5 nitrogen and oxygen atoms in total. The van der Waals surface area contributed by atoms with Gasteiger partial charge in [-0.1, -0.05) is 6.07 Å². The number of fused-ring (bicyclic) bond motifs is 1. The molecule has 90 valence electrons. The van der Waals surface area contributed by atoms with Gasteiger partial charge >= 0.3 is 0 Å². The van der Waals surface area contributed by atoms with E-state index < -0.39 is 0 Å². The molecule has 0 aliphatic carbocycles. The number of hydrogen-bond donors (Lipinski definition) is 1. The molecule has 0 saturated carbocycles. The molecule has 0 amide bonds. The fourth-order valence-electron chi connectivity index (χ4n) is 1.92. The summed E-state index contributed by atoms with van der Waals surface area (Å²) in [6.45, 7) is 0. The average Bonchev–Trinajstić information content (AvgIpc) is 2.47. The van der Waals surface area contributed by atoms with Crippen LogP contribution in [0, 0.1) is 11.3 Å². The van der Waals surface area contributed by atoms with Gasteiger partial charge in [-0.25, -0.2) is 9.97 Å². The maximum absolute atomic E-state index is 8.89. The molecule has 5 heteroatoms. The summed E-state index contributed by atoms with van der Waals surface area (Å²) >= 11 is 0.